The summed E-state index contributed by atoms with van der Waals surface area (Å²) >= 11 is 0. The van der Waals surface area contributed by atoms with Crippen LogP contribution < -0.4 is 5.32 Å². The van der Waals surface area contributed by atoms with Gasteiger partial charge in [0, 0.05) is 30.1 Å². The van der Waals surface area contributed by atoms with Gasteiger partial charge in [0.05, 0.1) is 23.4 Å². The predicted octanol–water partition coefficient (Wildman–Crippen LogP) is 5.35. The molecule has 1 aliphatic carbocycles. The molecule has 2 aliphatic heterocycles. The van der Waals surface area contributed by atoms with Gasteiger partial charge in [-0.25, -0.2) is 0 Å². The number of hydrogen-bond acceptors (Lipinski definition) is 4. The number of rotatable bonds is 5. The van der Waals surface area contributed by atoms with Crippen molar-refractivity contribution < 1.29 is 4.74 Å². The fourth-order valence-corrected chi connectivity index (χ4v) is 6.49. The maximum absolute atomic E-state index is 6.41. The molecular formula is C26H38N4O. The van der Waals surface area contributed by atoms with E-state index in [0.717, 1.165) is 38.8 Å². The Morgan fingerprint density at radius 3 is 2.71 bits per heavy atom. The minimum atomic E-state index is 0.0824. The van der Waals surface area contributed by atoms with E-state index in [9.17, 15) is 0 Å². The van der Waals surface area contributed by atoms with Gasteiger partial charge in [-0.1, -0.05) is 39.7 Å². The lowest BCUT2D eigenvalue weighted by molar-refractivity contribution is -0.104. The Hall–Kier alpha value is -1.72. The predicted molar refractivity (Wildman–Crippen MR) is 123 cm³/mol. The van der Waals surface area contributed by atoms with E-state index < -0.39 is 0 Å². The van der Waals surface area contributed by atoms with Crippen LogP contribution in [-0.2, 0) is 10.2 Å². The normalized spacial score (nSPS) is 30.0. The maximum atomic E-state index is 6.41. The molecule has 1 unspecified atom stereocenters. The molecule has 2 aromatic heterocycles. The van der Waals surface area contributed by atoms with Gasteiger partial charge in [0.2, 0.25) is 0 Å². The van der Waals surface area contributed by atoms with Crippen LogP contribution in [0.15, 0.2) is 36.7 Å². The first-order chi connectivity index (χ1) is 14.9. The second-order valence-corrected chi connectivity index (χ2v) is 11.2. The largest absolute Gasteiger partial charge is 0.375 e. The Balaban J connectivity index is 1.32. The summed E-state index contributed by atoms with van der Waals surface area (Å²) in [6, 6.07) is 9.45. The Bertz CT molecular complexity index is 880. The number of aromatic nitrogens is 3. The molecule has 0 radical (unpaired) electrons. The molecule has 2 aromatic rings. The molecule has 1 saturated heterocycles. The van der Waals surface area contributed by atoms with E-state index in [1.54, 1.807) is 0 Å². The van der Waals surface area contributed by atoms with Crippen molar-refractivity contribution >= 4 is 0 Å². The molecule has 3 atom stereocenters. The van der Waals surface area contributed by atoms with Crippen LogP contribution in [0.5, 0.6) is 0 Å². The van der Waals surface area contributed by atoms with Crippen molar-refractivity contribution in [3.05, 3.63) is 48.0 Å². The molecule has 1 saturated carbocycles. The van der Waals surface area contributed by atoms with Gasteiger partial charge in [0.25, 0.3) is 0 Å². The molecule has 31 heavy (non-hydrogen) atoms. The number of nitrogens with zero attached hydrogens (tertiary/aromatic N) is 3. The number of ether oxygens (including phenoxy) is 1. The van der Waals surface area contributed by atoms with Crippen molar-refractivity contribution in [3.63, 3.8) is 0 Å². The fourth-order valence-electron chi connectivity index (χ4n) is 6.49. The van der Waals surface area contributed by atoms with Crippen molar-refractivity contribution in [1.82, 2.24) is 20.1 Å². The van der Waals surface area contributed by atoms with Crippen LogP contribution in [0.2, 0.25) is 0 Å². The maximum Gasteiger partial charge on any atom is 0.0691 e. The van der Waals surface area contributed by atoms with Gasteiger partial charge < -0.3 is 10.1 Å². The molecule has 1 spiro atoms. The van der Waals surface area contributed by atoms with E-state index in [-0.39, 0.29) is 16.4 Å². The average Bonchev–Trinajstić information content (AvgIpc) is 3.47. The summed E-state index contributed by atoms with van der Waals surface area (Å²) in [6.07, 6.45) is 13.4. The lowest BCUT2D eigenvalue weighted by Crippen LogP contribution is -2.47. The summed E-state index contributed by atoms with van der Waals surface area (Å²) in [5, 5.41) is 8.57. The highest BCUT2D eigenvalue weighted by Gasteiger charge is 2.48. The zero-order valence-corrected chi connectivity index (χ0v) is 19.4. The highest BCUT2D eigenvalue weighted by molar-refractivity contribution is 5.21. The van der Waals surface area contributed by atoms with Crippen LogP contribution in [-0.4, -0.2) is 33.5 Å². The van der Waals surface area contributed by atoms with Gasteiger partial charge in [-0.15, -0.1) is 0 Å². The second kappa shape index (κ2) is 8.00. The molecular weight excluding hydrogens is 384 g/mol. The third-order valence-electron chi connectivity index (χ3n) is 8.18. The Kier molecular flexibility index (Phi) is 5.46. The SMILES string of the molecule is CC(C)(C)C1C[C@@H](NCC[C@@]2(c3ccccn3)CCOC3(CCCC3)C2)c2ccnn21. The lowest BCUT2D eigenvalue weighted by Gasteiger charge is -2.46. The van der Waals surface area contributed by atoms with Crippen LogP contribution in [0.1, 0.15) is 95.6 Å². The van der Waals surface area contributed by atoms with E-state index in [1.807, 2.05) is 18.5 Å². The smallest absolute Gasteiger partial charge is 0.0691 e. The van der Waals surface area contributed by atoms with Gasteiger partial charge in [0.1, 0.15) is 0 Å². The highest BCUT2D eigenvalue weighted by atomic mass is 16.5. The summed E-state index contributed by atoms with van der Waals surface area (Å²) < 4.78 is 8.67. The minimum absolute atomic E-state index is 0.0824. The van der Waals surface area contributed by atoms with E-state index in [1.165, 1.54) is 37.1 Å². The second-order valence-electron chi connectivity index (χ2n) is 11.2. The summed E-state index contributed by atoms with van der Waals surface area (Å²) in [4.78, 5) is 4.85. The quantitative estimate of drug-likeness (QED) is 0.706. The molecule has 5 heteroatoms. The third-order valence-corrected chi connectivity index (χ3v) is 8.18. The molecule has 5 nitrogen and oxygen atoms in total. The lowest BCUT2D eigenvalue weighted by atomic mass is 9.68. The van der Waals surface area contributed by atoms with Crippen LogP contribution in [0.25, 0.3) is 0 Å². The minimum Gasteiger partial charge on any atom is -0.375 e. The van der Waals surface area contributed by atoms with Crippen LogP contribution in [0.4, 0.5) is 0 Å². The Morgan fingerprint density at radius 1 is 1.13 bits per heavy atom. The van der Waals surface area contributed by atoms with Gasteiger partial charge in [0.15, 0.2) is 0 Å². The van der Waals surface area contributed by atoms with Crippen LogP contribution in [0, 0.1) is 5.41 Å². The number of nitrogens with one attached hydrogen (secondary N) is 1. The van der Waals surface area contributed by atoms with Crippen molar-refractivity contribution in [2.24, 2.45) is 5.41 Å². The highest BCUT2D eigenvalue weighted by Crippen LogP contribution is 2.50. The van der Waals surface area contributed by atoms with Gasteiger partial charge in [-0.3, -0.25) is 9.67 Å². The summed E-state index contributed by atoms with van der Waals surface area (Å²) in [5.74, 6) is 0. The number of hydrogen-bond donors (Lipinski definition) is 1. The molecule has 1 N–H and O–H groups in total. The molecule has 3 aliphatic rings. The Labute approximate surface area is 187 Å². The van der Waals surface area contributed by atoms with Crippen molar-refractivity contribution in [1.29, 1.82) is 0 Å². The van der Waals surface area contributed by atoms with E-state index in [0.29, 0.717) is 12.1 Å². The average molecular weight is 423 g/mol. The van der Waals surface area contributed by atoms with Crippen LogP contribution in [0.3, 0.4) is 0 Å². The monoisotopic (exact) mass is 422 g/mol. The van der Waals surface area contributed by atoms with Gasteiger partial charge >= 0.3 is 0 Å². The number of pyridine rings is 1. The van der Waals surface area contributed by atoms with Crippen molar-refractivity contribution in [2.75, 3.05) is 13.2 Å². The number of fused-ring (bicyclic) bond motifs is 1. The zero-order valence-electron chi connectivity index (χ0n) is 19.4. The molecule has 5 rings (SSSR count). The first-order valence-corrected chi connectivity index (χ1v) is 12.2. The molecule has 0 amide bonds. The first kappa shape index (κ1) is 21.1. The third kappa shape index (κ3) is 3.95. The zero-order chi connectivity index (χ0) is 21.5. The topological polar surface area (TPSA) is 52.0 Å². The molecule has 0 aromatic carbocycles. The van der Waals surface area contributed by atoms with Crippen molar-refractivity contribution in [3.8, 4) is 0 Å². The Morgan fingerprint density at radius 2 is 1.97 bits per heavy atom. The van der Waals surface area contributed by atoms with E-state index in [2.05, 4.69) is 54.1 Å². The fraction of sp³-hybridized carbons (Fsp3) is 0.692. The van der Waals surface area contributed by atoms with Crippen molar-refractivity contribution in [2.45, 2.75) is 95.2 Å². The molecule has 4 heterocycles. The van der Waals surface area contributed by atoms with Gasteiger partial charge in [-0.2, -0.15) is 5.10 Å². The first-order valence-electron chi connectivity index (χ1n) is 12.2. The van der Waals surface area contributed by atoms with E-state index in [4.69, 9.17) is 9.72 Å². The summed E-state index contributed by atoms with van der Waals surface area (Å²) in [7, 11) is 0. The standard InChI is InChI=1S/C26H38N4O/c1-24(2,3)23-18-20(21-9-15-29-30(21)23)27-16-12-25(22-8-4-7-14-28-22)13-17-31-26(19-25)10-5-6-11-26/h4,7-9,14-15,20,23,27H,5-6,10-13,16-19H2,1-3H3/t20-,23?,25-/m1/s1. The molecule has 2 fully saturated rings. The van der Waals surface area contributed by atoms with E-state index >= 15 is 0 Å². The molecule has 168 valence electrons. The van der Waals surface area contributed by atoms with Crippen LogP contribution >= 0.6 is 0 Å². The molecule has 0 bridgehead atoms. The summed E-state index contributed by atoms with van der Waals surface area (Å²) in [5.41, 5.74) is 3.00. The summed E-state index contributed by atoms with van der Waals surface area (Å²) in [6.45, 7) is 8.83. The van der Waals surface area contributed by atoms with Gasteiger partial charge in [-0.05, 0) is 68.7 Å².